The first kappa shape index (κ1) is 10.6. The standard InChI is InChI=1S/C13H10N2O3/c1-18-10-4-2-3-9-12(10)8(6-14-9)7-5-11(16)15-13(7)17/h2-6,14H,1H3,(H,15,16,17). The van der Waals surface area contributed by atoms with E-state index in [0.717, 1.165) is 10.9 Å². The van der Waals surface area contributed by atoms with Crippen LogP contribution in [0.25, 0.3) is 16.5 Å². The molecule has 18 heavy (non-hydrogen) atoms. The van der Waals surface area contributed by atoms with Crippen molar-refractivity contribution in [3.63, 3.8) is 0 Å². The van der Waals surface area contributed by atoms with Gasteiger partial charge >= 0.3 is 0 Å². The quantitative estimate of drug-likeness (QED) is 0.778. The van der Waals surface area contributed by atoms with E-state index in [1.807, 2.05) is 18.2 Å². The van der Waals surface area contributed by atoms with E-state index < -0.39 is 0 Å². The molecule has 0 fully saturated rings. The van der Waals surface area contributed by atoms with Gasteiger partial charge < -0.3 is 9.72 Å². The van der Waals surface area contributed by atoms with Gasteiger partial charge in [-0.15, -0.1) is 0 Å². The molecule has 1 aliphatic rings. The SMILES string of the molecule is COc1cccc2[nH]cc(C3=CC(=O)NC3=O)c12. The molecule has 1 aliphatic heterocycles. The number of ether oxygens (including phenoxy) is 1. The normalized spacial score (nSPS) is 14.8. The highest BCUT2D eigenvalue weighted by Crippen LogP contribution is 2.33. The van der Waals surface area contributed by atoms with E-state index in [-0.39, 0.29) is 11.8 Å². The Labute approximate surface area is 102 Å². The van der Waals surface area contributed by atoms with Crippen molar-refractivity contribution in [3.8, 4) is 5.75 Å². The molecule has 90 valence electrons. The molecule has 2 amide bonds. The lowest BCUT2D eigenvalue weighted by atomic mass is 10.0. The van der Waals surface area contributed by atoms with E-state index in [9.17, 15) is 9.59 Å². The van der Waals surface area contributed by atoms with Crippen LogP contribution in [0.2, 0.25) is 0 Å². The van der Waals surface area contributed by atoms with Gasteiger partial charge in [0.05, 0.1) is 12.7 Å². The number of methoxy groups -OCH3 is 1. The summed E-state index contributed by atoms with van der Waals surface area (Å²) >= 11 is 0. The van der Waals surface area contributed by atoms with Crippen LogP contribution >= 0.6 is 0 Å². The minimum atomic E-state index is -0.390. The first-order valence-corrected chi connectivity index (χ1v) is 5.42. The largest absolute Gasteiger partial charge is 0.496 e. The number of hydrogen-bond donors (Lipinski definition) is 2. The molecule has 0 unspecified atom stereocenters. The summed E-state index contributed by atoms with van der Waals surface area (Å²) in [4.78, 5) is 25.9. The van der Waals surface area contributed by atoms with Crippen LogP contribution in [0, 0.1) is 0 Å². The summed E-state index contributed by atoms with van der Waals surface area (Å²) in [5.74, 6) is -0.108. The summed E-state index contributed by atoms with van der Waals surface area (Å²) in [6.07, 6.45) is 3.01. The smallest absolute Gasteiger partial charge is 0.258 e. The number of carbonyl (C=O) groups excluding carboxylic acids is 2. The Morgan fingerprint density at radius 2 is 2.06 bits per heavy atom. The van der Waals surface area contributed by atoms with Crippen molar-refractivity contribution in [2.45, 2.75) is 0 Å². The number of hydrogen-bond acceptors (Lipinski definition) is 3. The van der Waals surface area contributed by atoms with Gasteiger partial charge in [-0.3, -0.25) is 14.9 Å². The first-order chi connectivity index (χ1) is 8.70. The van der Waals surface area contributed by atoms with E-state index in [1.54, 1.807) is 13.3 Å². The summed E-state index contributed by atoms with van der Waals surface area (Å²) < 4.78 is 5.28. The molecule has 2 aromatic rings. The molecule has 0 saturated heterocycles. The summed E-state index contributed by atoms with van der Waals surface area (Å²) in [6, 6.07) is 5.56. The Morgan fingerprint density at radius 3 is 2.72 bits per heavy atom. The van der Waals surface area contributed by atoms with Gasteiger partial charge in [-0.25, -0.2) is 0 Å². The number of carbonyl (C=O) groups is 2. The second-order valence-electron chi connectivity index (χ2n) is 3.96. The van der Waals surface area contributed by atoms with Gasteiger partial charge in [-0.1, -0.05) is 6.07 Å². The zero-order valence-corrected chi connectivity index (χ0v) is 9.61. The lowest BCUT2D eigenvalue weighted by Crippen LogP contribution is -2.21. The molecule has 5 heteroatoms. The number of amides is 2. The summed E-state index contributed by atoms with van der Waals surface area (Å²) in [5.41, 5.74) is 1.89. The van der Waals surface area contributed by atoms with Gasteiger partial charge in [0.2, 0.25) is 0 Å². The van der Waals surface area contributed by atoms with Gasteiger partial charge in [0, 0.05) is 28.7 Å². The predicted molar refractivity (Wildman–Crippen MR) is 66.0 cm³/mol. The fraction of sp³-hybridized carbons (Fsp3) is 0.0769. The van der Waals surface area contributed by atoms with E-state index in [2.05, 4.69) is 10.3 Å². The average molecular weight is 242 g/mol. The highest BCUT2D eigenvalue weighted by molar-refractivity contribution is 6.35. The molecular formula is C13H10N2O3. The number of aromatic nitrogens is 1. The molecule has 0 atom stereocenters. The Balaban J connectivity index is 2.27. The van der Waals surface area contributed by atoms with Crippen LogP contribution < -0.4 is 10.1 Å². The minimum absolute atomic E-state index is 0.357. The van der Waals surface area contributed by atoms with Crippen molar-refractivity contribution in [1.82, 2.24) is 10.3 Å². The van der Waals surface area contributed by atoms with Crippen molar-refractivity contribution >= 4 is 28.3 Å². The van der Waals surface area contributed by atoms with Gasteiger partial charge in [0.15, 0.2) is 0 Å². The van der Waals surface area contributed by atoms with Crippen LogP contribution in [-0.2, 0) is 9.59 Å². The van der Waals surface area contributed by atoms with E-state index >= 15 is 0 Å². The molecule has 3 rings (SSSR count). The third-order valence-corrected chi connectivity index (χ3v) is 2.93. The fourth-order valence-corrected chi connectivity index (χ4v) is 2.15. The van der Waals surface area contributed by atoms with Crippen LogP contribution in [0.15, 0.2) is 30.5 Å². The van der Waals surface area contributed by atoms with Crippen molar-refractivity contribution in [2.75, 3.05) is 7.11 Å². The van der Waals surface area contributed by atoms with Crippen molar-refractivity contribution in [2.24, 2.45) is 0 Å². The molecule has 1 aromatic carbocycles. The molecule has 2 heterocycles. The van der Waals surface area contributed by atoms with Crippen LogP contribution in [0.3, 0.4) is 0 Å². The average Bonchev–Trinajstić information content (AvgIpc) is 2.92. The van der Waals surface area contributed by atoms with Crippen molar-refractivity contribution in [3.05, 3.63) is 36.0 Å². The third-order valence-electron chi connectivity index (χ3n) is 2.93. The molecule has 0 spiro atoms. The molecule has 0 aliphatic carbocycles. The Hall–Kier alpha value is -2.56. The Morgan fingerprint density at radius 1 is 1.22 bits per heavy atom. The Kier molecular flexibility index (Phi) is 2.19. The third kappa shape index (κ3) is 1.41. The maximum atomic E-state index is 11.7. The number of fused-ring (bicyclic) bond motifs is 1. The van der Waals surface area contributed by atoms with E-state index in [1.165, 1.54) is 6.08 Å². The first-order valence-electron chi connectivity index (χ1n) is 5.42. The number of rotatable bonds is 2. The fourth-order valence-electron chi connectivity index (χ4n) is 2.15. The maximum Gasteiger partial charge on any atom is 0.258 e. The second-order valence-corrected chi connectivity index (χ2v) is 3.96. The van der Waals surface area contributed by atoms with Gasteiger partial charge in [-0.05, 0) is 12.1 Å². The predicted octanol–water partition coefficient (Wildman–Crippen LogP) is 1.22. The van der Waals surface area contributed by atoms with Crippen LogP contribution in [0.4, 0.5) is 0 Å². The van der Waals surface area contributed by atoms with Crippen LogP contribution in [0.5, 0.6) is 5.75 Å². The summed E-state index contributed by atoms with van der Waals surface area (Å²) in [7, 11) is 1.57. The van der Waals surface area contributed by atoms with Crippen LogP contribution in [-0.4, -0.2) is 23.9 Å². The highest BCUT2D eigenvalue weighted by Gasteiger charge is 2.25. The monoisotopic (exact) mass is 242 g/mol. The maximum absolute atomic E-state index is 11.7. The Bertz CT molecular complexity index is 697. The minimum Gasteiger partial charge on any atom is -0.496 e. The lowest BCUT2D eigenvalue weighted by molar-refractivity contribution is -0.123. The van der Waals surface area contributed by atoms with Crippen LogP contribution in [0.1, 0.15) is 5.56 Å². The topological polar surface area (TPSA) is 71.2 Å². The zero-order chi connectivity index (χ0) is 12.7. The molecular weight excluding hydrogens is 232 g/mol. The highest BCUT2D eigenvalue weighted by atomic mass is 16.5. The molecule has 0 bridgehead atoms. The zero-order valence-electron chi connectivity index (χ0n) is 9.61. The van der Waals surface area contributed by atoms with E-state index in [0.29, 0.717) is 16.9 Å². The summed E-state index contributed by atoms with van der Waals surface area (Å²) in [6.45, 7) is 0. The molecule has 5 nitrogen and oxygen atoms in total. The van der Waals surface area contributed by atoms with Crippen molar-refractivity contribution < 1.29 is 14.3 Å². The molecule has 0 saturated carbocycles. The summed E-state index contributed by atoms with van der Waals surface area (Å²) in [5, 5.41) is 3.03. The number of aromatic amines is 1. The number of nitrogens with one attached hydrogen (secondary N) is 2. The lowest BCUT2D eigenvalue weighted by Gasteiger charge is -2.04. The van der Waals surface area contributed by atoms with E-state index in [4.69, 9.17) is 4.74 Å². The molecule has 0 radical (unpaired) electrons. The molecule has 2 N–H and O–H groups in total. The second kappa shape index (κ2) is 3.73. The molecule has 1 aromatic heterocycles. The number of imide groups is 1. The number of H-pyrrole nitrogens is 1. The van der Waals surface area contributed by atoms with Crippen molar-refractivity contribution in [1.29, 1.82) is 0 Å². The van der Waals surface area contributed by atoms with Gasteiger partial charge in [-0.2, -0.15) is 0 Å². The van der Waals surface area contributed by atoms with Gasteiger partial charge in [0.25, 0.3) is 11.8 Å². The number of benzene rings is 1. The van der Waals surface area contributed by atoms with Gasteiger partial charge in [0.1, 0.15) is 5.75 Å².